The highest BCUT2D eigenvalue weighted by Gasteiger charge is 2.21. The minimum atomic E-state index is -0.863. The summed E-state index contributed by atoms with van der Waals surface area (Å²) in [5.41, 5.74) is 25.2. The van der Waals surface area contributed by atoms with Crippen LogP contribution in [0.1, 0.15) is 0 Å². The number of nitrogens with zero attached hydrogens (tertiary/aromatic N) is 9. The summed E-state index contributed by atoms with van der Waals surface area (Å²) in [6, 6.07) is 0. The van der Waals surface area contributed by atoms with Crippen LogP contribution in [-0.4, -0.2) is 117 Å². The van der Waals surface area contributed by atoms with Crippen LogP contribution in [0.15, 0.2) is 15.3 Å². The molecule has 33 heavy (non-hydrogen) atoms. The standard InChI is InChI=1S/C15H29N9O9/c16-22-19-1-11(4-25)30-9-14(32-12(5-26)2-20-23-17)7-29-8-15(10-31-28)33-13(6-27)3-21-24-18/h11-15,25-28H,1-10H2. The average Bonchev–Trinajstić information content (AvgIpc) is 2.83. The van der Waals surface area contributed by atoms with Gasteiger partial charge in [0.1, 0.15) is 18.8 Å². The fraction of sp³-hybridized carbons (Fsp3) is 1.00. The Labute approximate surface area is 188 Å². The lowest BCUT2D eigenvalue weighted by atomic mass is 10.3. The molecule has 188 valence electrons. The van der Waals surface area contributed by atoms with Gasteiger partial charge < -0.3 is 34.3 Å². The quantitative estimate of drug-likeness (QED) is 0.0545. The van der Waals surface area contributed by atoms with E-state index >= 15 is 0 Å². The molecule has 0 rings (SSSR count). The third kappa shape index (κ3) is 15.9. The summed E-state index contributed by atoms with van der Waals surface area (Å²) in [7, 11) is 0. The van der Waals surface area contributed by atoms with Crippen LogP contribution in [0.25, 0.3) is 31.3 Å². The average molecular weight is 479 g/mol. The van der Waals surface area contributed by atoms with E-state index in [2.05, 4.69) is 35.0 Å². The van der Waals surface area contributed by atoms with Crippen molar-refractivity contribution in [3.8, 4) is 0 Å². The van der Waals surface area contributed by atoms with E-state index in [0.29, 0.717) is 0 Å². The van der Waals surface area contributed by atoms with Crippen LogP contribution in [0.2, 0.25) is 0 Å². The number of hydrogen-bond donors (Lipinski definition) is 4. The third-order valence-electron chi connectivity index (χ3n) is 3.81. The minimum absolute atomic E-state index is 0.125. The summed E-state index contributed by atoms with van der Waals surface area (Å²) in [4.78, 5) is 11.8. The fourth-order valence-corrected chi connectivity index (χ4v) is 2.29. The first kappa shape index (κ1) is 30.6. The summed E-state index contributed by atoms with van der Waals surface area (Å²) in [6.07, 6.45) is -4.19. The lowest BCUT2D eigenvalue weighted by Crippen LogP contribution is -2.38. The van der Waals surface area contributed by atoms with Gasteiger partial charge in [-0.25, -0.2) is 4.89 Å². The largest absolute Gasteiger partial charge is 0.394 e. The molecule has 0 aliphatic carbocycles. The van der Waals surface area contributed by atoms with E-state index in [0.717, 1.165) is 0 Å². The summed E-state index contributed by atoms with van der Waals surface area (Å²) in [5.74, 6) is 0. The Morgan fingerprint density at radius 1 is 0.606 bits per heavy atom. The maximum Gasteiger partial charge on any atom is 0.110 e. The number of azide groups is 3. The molecule has 0 fully saturated rings. The van der Waals surface area contributed by atoms with E-state index in [1.807, 2.05) is 0 Å². The van der Waals surface area contributed by atoms with E-state index < -0.39 is 50.3 Å². The highest BCUT2D eigenvalue weighted by atomic mass is 17.1. The van der Waals surface area contributed by atoms with Gasteiger partial charge in [-0.15, -0.1) is 0 Å². The van der Waals surface area contributed by atoms with Crippen LogP contribution in [0.3, 0.4) is 0 Å². The number of rotatable bonds is 22. The highest BCUT2D eigenvalue weighted by molar-refractivity contribution is 4.69. The van der Waals surface area contributed by atoms with Crippen LogP contribution < -0.4 is 0 Å². The molecule has 18 heteroatoms. The molecule has 5 atom stereocenters. The molecule has 4 N–H and O–H groups in total. The van der Waals surface area contributed by atoms with Gasteiger partial charge in [-0.3, -0.25) is 5.26 Å². The second kappa shape index (κ2) is 21.4. The zero-order valence-corrected chi connectivity index (χ0v) is 17.8. The Bertz CT molecular complexity index is 642. The van der Waals surface area contributed by atoms with Crippen LogP contribution >= 0.6 is 0 Å². The summed E-state index contributed by atoms with van der Waals surface area (Å²) >= 11 is 0. The van der Waals surface area contributed by atoms with Crippen molar-refractivity contribution >= 4 is 0 Å². The van der Waals surface area contributed by atoms with E-state index in [1.165, 1.54) is 0 Å². The minimum Gasteiger partial charge on any atom is -0.394 e. The Kier molecular flexibility index (Phi) is 19.8. The van der Waals surface area contributed by atoms with Crippen molar-refractivity contribution in [2.24, 2.45) is 15.3 Å². The monoisotopic (exact) mass is 479 g/mol. The van der Waals surface area contributed by atoms with Crippen molar-refractivity contribution in [3.05, 3.63) is 31.3 Å². The van der Waals surface area contributed by atoms with Gasteiger partial charge in [0.2, 0.25) is 0 Å². The first-order valence-electron chi connectivity index (χ1n) is 9.70. The first-order valence-corrected chi connectivity index (χ1v) is 9.70. The molecule has 0 aromatic carbocycles. The van der Waals surface area contributed by atoms with E-state index in [9.17, 15) is 15.3 Å². The second-order valence-corrected chi connectivity index (χ2v) is 6.34. The van der Waals surface area contributed by atoms with Crippen molar-refractivity contribution in [2.75, 3.05) is 65.9 Å². The Morgan fingerprint density at radius 3 is 1.42 bits per heavy atom. The number of aliphatic hydroxyl groups excluding tert-OH is 3. The van der Waals surface area contributed by atoms with Crippen LogP contribution in [0.4, 0.5) is 0 Å². The van der Waals surface area contributed by atoms with Crippen molar-refractivity contribution in [2.45, 2.75) is 30.5 Å². The van der Waals surface area contributed by atoms with E-state index in [4.69, 9.17) is 40.8 Å². The molecule has 0 bridgehead atoms. The van der Waals surface area contributed by atoms with Gasteiger partial charge >= 0.3 is 0 Å². The van der Waals surface area contributed by atoms with Crippen molar-refractivity contribution in [1.29, 1.82) is 0 Å². The van der Waals surface area contributed by atoms with Gasteiger partial charge in [-0.1, -0.05) is 15.3 Å². The SMILES string of the molecule is [N-]=[N+]=NCC(CO)OCC(COCC(COO)OC(CO)CN=[N+]=[N-])OC(CO)CN=[N+]=[N-]. The van der Waals surface area contributed by atoms with Crippen molar-refractivity contribution in [3.63, 3.8) is 0 Å². The normalized spacial score (nSPS) is 15.3. The molecular formula is C15H29N9O9. The molecule has 0 amide bonds. The van der Waals surface area contributed by atoms with Crippen LogP contribution in [0, 0.1) is 0 Å². The second-order valence-electron chi connectivity index (χ2n) is 6.34. The van der Waals surface area contributed by atoms with Gasteiger partial charge in [-0.05, 0) is 16.6 Å². The predicted molar refractivity (Wildman–Crippen MR) is 110 cm³/mol. The molecule has 0 aromatic heterocycles. The Hall–Kier alpha value is -2.43. The Morgan fingerprint density at radius 2 is 1.03 bits per heavy atom. The van der Waals surface area contributed by atoms with Crippen LogP contribution in [0.5, 0.6) is 0 Å². The van der Waals surface area contributed by atoms with Gasteiger partial charge in [0, 0.05) is 14.7 Å². The maximum atomic E-state index is 9.41. The summed E-state index contributed by atoms with van der Waals surface area (Å²) in [5, 5.41) is 46.7. The molecule has 0 heterocycles. The molecule has 5 unspecified atom stereocenters. The van der Waals surface area contributed by atoms with Crippen molar-refractivity contribution in [1.82, 2.24) is 0 Å². The maximum absolute atomic E-state index is 9.41. The predicted octanol–water partition coefficient (Wildman–Crippen LogP) is 0.293. The molecule has 0 spiro atoms. The molecule has 0 saturated carbocycles. The number of ether oxygens (including phenoxy) is 4. The van der Waals surface area contributed by atoms with E-state index in [-0.39, 0.29) is 46.1 Å². The smallest absolute Gasteiger partial charge is 0.110 e. The van der Waals surface area contributed by atoms with E-state index in [1.54, 1.807) is 0 Å². The number of hydrogen-bond acceptors (Lipinski definition) is 12. The van der Waals surface area contributed by atoms with Gasteiger partial charge in [0.25, 0.3) is 0 Å². The molecular weight excluding hydrogens is 450 g/mol. The lowest BCUT2D eigenvalue weighted by Gasteiger charge is -2.26. The van der Waals surface area contributed by atoms with Gasteiger partial charge in [0.05, 0.1) is 77.6 Å². The topological polar surface area (TPSA) is 273 Å². The third-order valence-corrected chi connectivity index (χ3v) is 3.81. The zero-order chi connectivity index (χ0) is 24.7. The molecule has 0 radical (unpaired) electrons. The van der Waals surface area contributed by atoms with Gasteiger partial charge in [0.15, 0.2) is 0 Å². The number of aliphatic hydroxyl groups is 3. The molecule has 0 aliphatic rings. The molecule has 0 aliphatic heterocycles. The zero-order valence-electron chi connectivity index (χ0n) is 17.8. The first-order chi connectivity index (χ1) is 16.1. The highest BCUT2D eigenvalue weighted by Crippen LogP contribution is 2.07. The molecule has 0 aromatic rings. The van der Waals surface area contributed by atoms with Gasteiger partial charge in [-0.2, -0.15) is 0 Å². The van der Waals surface area contributed by atoms with Crippen molar-refractivity contribution < 1.29 is 44.4 Å². The summed E-state index contributed by atoms with van der Waals surface area (Å²) in [6.45, 7) is -2.50. The molecule has 0 saturated heterocycles. The molecule has 18 nitrogen and oxygen atoms in total. The summed E-state index contributed by atoms with van der Waals surface area (Å²) < 4.78 is 22.1. The fourth-order valence-electron chi connectivity index (χ4n) is 2.29. The van der Waals surface area contributed by atoms with Crippen LogP contribution in [-0.2, 0) is 23.8 Å². The lowest BCUT2D eigenvalue weighted by molar-refractivity contribution is -0.268. The Balaban J connectivity index is 5.00.